The molecule has 0 spiro atoms. The summed E-state index contributed by atoms with van der Waals surface area (Å²) in [6.07, 6.45) is -4.54. The van der Waals surface area contributed by atoms with Gasteiger partial charge < -0.3 is 9.30 Å². The highest BCUT2D eigenvalue weighted by Crippen LogP contribution is 2.30. The zero-order chi connectivity index (χ0) is 17.2. The number of nitrogens with zero attached hydrogens (tertiary/aromatic N) is 1. The second-order valence-corrected chi connectivity index (χ2v) is 4.93. The molecule has 122 valence electrons. The van der Waals surface area contributed by atoms with E-state index in [9.17, 15) is 22.8 Å². The third kappa shape index (κ3) is 3.61. The summed E-state index contributed by atoms with van der Waals surface area (Å²) in [5.41, 5.74) is -0.214. The Morgan fingerprint density at radius 3 is 2.48 bits per heavy atom. The minimum atomic E-state index is -4.51. The standard InChI is InChI=1S/C16H14F3NO3/c1-20-12(9-14(21)23-2)6-7-13(20)15(22)10-4-3-5-11(8-10)16(17,18)19/h3-8H,9H2,1-2H3. The Labute approximate surface area is 130 Å². The van der Waals surface area contributed by atoms with Gasteiger partial charge in [0, 0.05) is 18.3 Å². The van der Waals surface area contributed by atoms with Crippen molar-refractivity contribution in [3.05, 3.63) is 58.9 Å². The predicted octanol–water partition coefficient (Wildman–Crippen LogP) is 2.99. The number of alkyl halides is 3. The van der Waals surface area contributed by atoms with E-state index in [-0.39, 0.29) is 17.7 Å². The quantitative estimate of drug-likeness (QED) is 0.641. The Morgan fingerprint density at radius 2 is 1.87 bits per heavy atom. The summed E-state index contributed by atoms with van der Waals surface area (Å²) in [6, 6.07) is 7.28. The Kier molecular flexibility index (Phi) is 4.58. The first-order valence-corrected chi connectivity index (χ1v) is 6.67. The molecule has 0 amide bonds. The van der Waals surface area contributed by atoms with Crippen LogP contribution in [0.25, 0.3) is 0 Å². The molecule has 0 bridgehead atoms. The summed E-state index contributed by atoms with van der Waals surface area (Å²) in [5.74, 6) is -1.01. The van der Waals surface area contributed by atoms with Gasteiger partial charge in [-0.2, -0.15) is 13.2 Å². The van der Waals surface area contributed by atoms with Gasteiger partial charge in [-0.25, -0.2) is 0 Å². The SMILES string of the molecule is COC(=O)Cc1ccc(C(=O)c2cccc(C(F)(F)F)c2)n1C. The average molecular weight is 325 g/mol. The number of ether oxygens (including phenoxy) is 1. The molecule has 0 N–H and O–H groups in total. The lowest BCUT2D eigenvalue weighted by Crippen LogP contribution is -2.13. The second-order valence-electron chi connectivity index (χ2n) is 4.93. The predicted molar refractivity (Wildman–Crippen MR) is 76.0 cm³/mol. The summed E-state index contributed by atoms with van der Waals surface area (Å²) in [5, 5.41) is 0. The molecule has 4 nitrogen and oxygen atoms in total. The number of methoxy groups -OCH3 is 1. The molecule has 0 aliphatic carbocycles. The third-order valence-corrected chi connectivity index (χ3v) is 3.46. The molecule has 0 unspecified atom stereocenters. The van der Waals surface area contributed by atoms with Crippen LogP contribution in [0.4, 0.5) is 13.2 Å². The fourth-order valence-electron chi connectivity index (χ4n) is 2.16. The zero-order valence-corrected chi connectivity index (χ0v) is 12.5. The number of hydrogen-bond donors (Lipinski definition) is 0. The average Bonchev–Trinajstić information content (AvgIpc) is 2.86. The molecule has 0 fully saturated rings. The molecular formula is C16H14F3NO3. The maximum Gasteiger partial charge on any atom is 0.416 e. The van der Waals surface area contributed by atoms with Gasteiger partial charge in [0.2, 0.25) is 5.78 Å². The van der Waals surface area contributed by atoms with Crippen LogP contribution in [-0.2, 0) is 29.2 Å². The molecule has 7 heteroatoms. The number of rotatable bonds is 4. The van der Waals surface area contributed by atoms with Crippen molar-refractivity contribution in [2.45, 2.75) is 12.6 Å². The van der Waals surface area contributed by atoms with Crippen molar-refractivity contribution < 1.29 is 27.5 Å². The molecule has 0 aliphatic rings. The van der Waals surface area contributed by atoms with Crippen molar-refractivity contribution in [2.24, 2.45) is 7.05 Å². The van der Waals surface area contributed by atoms with Crippen molar-refractivity contribution in [1.29, 1.82) is 0 Å². The van der Waals surface area contributed by atoms with Gasteiger partial charge in [0.15, 0.2) is 0 Å². The molecule has 0 saturated carbocycles. The summed E-state index contributed by atoms with van der Waals surface area (Å²) < 4.78 is 44.2. The first kappa shape index (κ1) is 16.8. The van der Waals surface area contributed by atoms with Crippen LogP contribution in [0, 0.1) is 0 Å². The van der Waals surface area contributed by atoms with Crippen LogP contribution in [-0.4, -0.2) is 23.4 Å². The lowest BCUT2D eigenvalue weighted by atomic mass is 10.0. The number of halogens is 3. The molecule has 23 heavy (non-hydrogen) atoms. The van der Waals surface area contributed by atoms with Gasteiger partial charge in [-0.3, -0.25) is 9.59 Å². The van der Waals surface area contributed by atoms with E-state index in [0.29, 0.717) is 5.69 Å². The lowest BCUT2D eigenvalue weighted by Gasteiger charge is -2.09. The van der Waals surface area contributed by atoms with E-state index >= 15 is 0 Å². The van der Waals surface area contributed by atoms with E-state index in [1.54, 1.807) is 13.1 Å². The fourth-order valence-corrected chi connectivity index (χ4v) is 2.16. The summed E-state index contributed by atoms with van der Waals surface area (Å²) in [6.45, 7) is 0. The second kappa shape index (κ2) is 6.28. The van der Waals surface area contributed by atoms with E-state index in [4.69, 9.17) is 0 Å². The largest absolute Gasteiger partial charge is 0.469 e. The first-order chi connectivity index (χ1) is 10.7. The van der Waals surface area contributed by atoms with Crippen LogP contribution < -0.4 is 0 Å². The normalized spacial score (nSPS) is 11.3. The Bertz CT molecular complexity index is 747. The fraction of sp³-hybridized carbons (Fsp3) is 0.250. The van der Waals surface area contributed by atoms with Gasteiger partial charge in [0.05, 0.1) is 24.8 Å². The lowest BCUT2D eigenvalue weighted by molar-refractivity contribution is -0.140. The van der Waals surface area contributed by atoms with Gasteiger partial charge in [-0.05, 0) is 24.3 Å². The molecule has 1 aromatic carbocycles. The topological polar surface area (TPSA) is 48.3 Å². The molecule has 0 aliphatic heterocycles. The van der Waals surface area contributed by atoms with Crippen LogP contribution in [0.2, 0.25) is 0 Å². The van der Waals surface area contributed by atoms with E-state index < -0.39 is 23.5 Å². The zero-order valence-electron chi connectivity index (χ0n) is 12.5. The van der Waals surface area contributed by atoms with Gasteiger partial charge in [0.1, 0.15) is 0 Å². The minimum Gasteiger partial charge on any atom is -0.469 e. The van der Waals surface area contributed by atoms with E-state index in [0.717, 1.165) is 12.1 Å². The maximum atomic E-state index is 12.7. The van der Waals surface area contributed by atoms with Crippen LogP contribution in [0.3, 0.4) is 0 Å². The Balaban J connectivity index is 2.33. The summed E-state index contributed by atoms with van der Waals surface area (Å²) in [4.78, 5) is 23.7. The molecule has 2 rings (SSSR count). The van der Waals surface area contributed by atoms with Crippen molar-refractivity contribution in [2.75, 3.05) is 7.11 Å². The summed E-state index contributed by atoms with van der Waals surface area (Å²) >= 11 is 0. The molecule has 1 heterocycles. The van der Waals surface area contributed by atoms with Crippen molar-refractivity contribution in [1.82, 2.24) is 4.57 Å². The smallest absolute Gasteiger partial charge is 0.416 e. The Hall–Kier alpha value is -2.57. The molecule has 0 radical (unpaired) electrons. The van der Waals surface area contributed by atoms with Gasteiger partial charge >= 0.3 is 12.1 Å². The van der Waals surface area contributed by atoms with Crippen molar-refractivity contribution >= 4 is 11.8 Å². The number of aromatic nitrogens is 1. The highest BCUT2D eigenvalue weighted by Gasteiger charge is 2.31. The molecule has 0 saturated heterocycles. The minimum absolute atomic E-state index is 0.0249. The third-order valence-electron chi connectivity index (χ3n) is 3.46. The van der Waals surface area contributed by atoms with Crippen LogP contribution >= 0.6 is 0 Å². The first-order valence-electron chi connectivity index (χ1n) is 6.67. The van der Waals surface area contributed by atoms with E-state index in [1.807, 2.05) is 0 Å². The summed E-state index contributed by atoms with van der Waals surface area (Å²) in [7, 11) is 2.82. The maximum absolute atomic E-state index is 12.7. The Morgan fingerprint density at radius 1 is 1.17 bits per heavy atom. The van der Waals surface area contributed by atoms with E-state index in [1.165, 1.54) is 29.9 Å². The van der Waals surface area contributed by atoms with Crippen LogP contribution in [0.1, 0.15) is 27.3 Å². The molecule has 2 aromatic rings. The van der Waals surface area contributed by atoms with E-state index in [2.05, 4.69) is 4.74 Å². The van der Waals surface area contributed by atoms with Crippen LogP contribution in [0.15, 0.2) is 36.4 Å². The molecule has 1 aromatic heterocycles. The number of hydrogen-bond acceptors (Lipinski definition) is 3. The number of carbonyl (C=O) groups excluding carboxylic acids is 2. The number of ketones is 1. The highest BCUT2D eigenvalue weighted by molar-refractivity contribution is 6.08. The highest BCUT2D eigenvalue weighted by atomic mass is 19.4. The number of esters is 1. The molecule has 0 atom stereocenters. The van der Waals surface area contributed by atoms with Crippen molar-refractivity contribution in [3.63, 3.8) is 0 Å². The van der Waals surface area contributed by atoms with Crippen LogP contribution in [0.5, 0.6) is 0 Å². The van der Waals surface area contributed by atoms with Gasteiger partial charge in [-0.15, -0.1) is 0 Å². The number of carbonyl (C=O) groups is 2. The van der Waals surface area contributed by atoms with Crippen molar-refractivity contribution in [3.8, 4) is 0 Å². The monoisotopic (exact) mass is 325 g/mol. The van der Waals surface area contributed by atoms with Gasteiger partial charge in [-0.1, -0.05) is 12.1 Å². The van der Waals surface area contributed by atoms with Gasteiger partial charge in [0.25, 0.3) is 0 Å². The molecular weight excluding hydrogens is 311 g/mol. The number of benzene rings is 1.